The number of benzene rings is 1. The SMILES string of the molecule is Cc1ccc(N2CC=C(CN)CC2)c(C)c1. The first-order valence-electron chi connectivity index (χ1n) is 5.91. The predicted molar refractivity (Wildman–Crippen MR) is 69.9 cm³/mol. The highest BCUT2D eigenvalue weighted by molar-refractivity contribution is 5.55. The molecule has 0 saturated carbocycles. The average Bonchev–Trinajstić information content (AvgIpc) is 2.29. The van der Waals surface area contributed by atoms with Gasteiger partial charge < -0.3 is 10.6 Å². The predicted octanol–water partition coefficient (Wildman–Crippen LogP) is 2.40. The van der Waals surface area contributed by atoms with E-state index in [2.05, 4.69) is 43.0 Å². The first-order chi connectivity index (χ1) is 7.70. The van der Waals surface area contributed by atoms with Gasteiger partial charge in [-0.05, 0) is 31.9 Å². The van der Waals surface area contributed by atoms with E-state index in [4.69, 9.17) is 5.73 Å². The zero-order valence-corrected chi connectivity index (χ0v) is 10.2. The van der Waals surface area contributed by atoms with Crippen LogP contribution in [0.5, 0.6) is 0 Å². The molecule has 0 atom stereocenters. The normalized spacial score (nSPS) is 16.2. The van der Waals surface area contributed by atoms with Gasteiger partial charge in [-0.15, -0.1) is 0 Å². The van der Waals surface area contributed by atoms with Crippen LogP contribution in [-0.4, -0.2) is 19.6 Å². The van der Waals surface area contributed by atoms with Crippen molar-refractivity contribution < 1.29 is 0 Å². The molecule has 0 radical (unpaired) electrons. The van der Waals surface area contributed by atoms with E-state index < -0.39 is 0 Å². The zero-order valence-electron chi connectivity index (χ0n) is 10.2. The summed E-state index contributed by atoms with van der Waals surface area (Å²) in [6.07, 6.45) is 3.37. The fourth-order valence-electron chi connectivity index (χ4n) is 2.28. The minimum absolute atomic E-state index is 0.709. The van der Waals surface area contributed by atoms with Gasteiger partial charge in [-0.25, -0.2) is 0 Å². The van der Waals surface area contributed by atoms with Crippen LogP contribution in [0.25, 0.3) is 0 Å². The molecule has 1 aromatic rings. The van der Waals surface area contributed by atoms with Crippen molar-refractivity contribution in [2.24, 2.45) is 5.73 Å². The lowest BCUT2D eigenvalue weighted by molar-refractivity contribution is 0.770. The van der Waals surface area contributed by atoms with Gasteiger partial charge in [0.1, 0.15) is 0 Å². The Hall–Kier alpha value is -1.28. The Morgan fingerprint density at radius 1 is 1.31 bits per heavy atom. The molecule has 2 rings (SSSR count). The Bertz CT molecular complexity index is 407. The molecule has 2 nitrogen and oxygen atoms in total. The second-order valence-corrected chi connectivity index (χ2v) is 4.55. The monoisotopic (exact) mass is 216 g/mol. The van der Waals surface area contributed by atoms with Crippen LogP contribution in [0, 0.1) is 13.8 Å². The second-order valence-electron chi connectivity index (χ2n) is 4.55. The van der Waals surface area contributed by atoms with Crippen LogP contribution in [0.2, 0.25) is 0 Å². The Kier molecular flexibility index (Phi) is 3.30. The van der Waals surface area contributed by atoms with Gasteiger partial charge in [0.2, 0.25) is 0 Å². The third kappa shape index (κ3) is 2.27. The lowest BCUT2D eigenvalue weighted by Crippen LogP contribution is -2.30. The van der Waals surface area contributed by atoms with Crippen LogP contribution < -0.4 is 10.6 Å². The largest absolute Gasteiger partial charge is 0.367 e. The van der Waals surface area contributed by atoms with Crippen LogP contribution in [0.15, 0.2) is 29.8 Å². The molecule has 0 aromatic heterocycles. The van der Waals surface area contributed by atoms with Crippen molar-refractivity contribution in [3.05, 3.63) is 41.0 Å². The minimum atomic E-state index is 0.709. The third-order valence-electron chi connectivity index (χ3n) is 3.26. The van der Waals surface area contributed by atoms with Crippen LogP contribution in [0.1, 0.15) is 17.5 Å². The number of rotatable bonds is 2. The Morgan fingerprint density at radius 2 is 2.12 bits per heavy atom. The van der Waals surface area contributed by atoms with Crippen molar-refractivity contribution in [2.75, 3.05) is 24.5 Å². The molecule has 0 unspecified atom stereocenters. The molecule has 0 fully saturated rings. The zero-order chi connectivity index (χ0) is 11.5. The van der Waals surface area contributed by atoms with E-state index in [-0.39, 0.29) is 0 Å². The number of nitrogens with two attached hydrogens (primary N) is 1. The Balaban J connectivity index is 2.17. The summed E-state index contributed by atoms with van der Waals surface area (Å²) >= 11 is 0. The maximum atomic E-state index is 5.65. The van der Waals surface area contributed by atoms with Crippen LogP contribution in [-0.2, 0) is 0 Å². The van der Waals surface area contributed by atoms with Gasteiger partial charge in [0, 0.05) is 25.3 Å². The Morgan fingerprint density at radius 3 is 2.69 bits per heavy atom. The molecule has 86 valence electrons. The molecule has 2 heteroatoms. The molecule has 1 aliphatic rings. The van der Waals surface area contributed by atoms with E-state index in [0.29, 0.717) is 6.54 Å². The number of hydrogen-bond acceptors (Lipinski definition) is 2. The first-order valence-corrected chi connectivity index (χ1v) is 5.91. The fourth-order valence-corrected chi connectivity index (χ4v) is 2.28. The molecule has 16 heavy (non-hydrogen) atoms. The van der Waals surface area contributed by atoms with Crippen molar-refractivity contribution in [2.45, 2.75) is 20.3 Å². The highest BCUT2D eigenvalue weighted by Gasteiger charge is 2.12. The number of anilines is 1. The topological polar surface area (TPSA) is 29.3 Å². The molecular weight excluding hydrogens is 196 g/mol. The fraction of sp³-hybridized carbons (Fsp3) is 0.429. The molecule has 0 saturated heterocycles. The van der Waals surface area contributed by atoms with Crippen molar-refractivity contribution in [1.82, 2.24) is 0 Å². The van der Waals surface area contributed by atoms with E-state index in [1.165, 1.54) is 22.4 Å². The maximum absolute atomic E-state index is 5.65. The van der Waals surface area contributed by atoms with Gasteiger partial charge in [-0.3, -0.25) is 0 Å². The first kappa shape index (κ1) is 11.2. The minimum Gasteiger partial charge on any atom is -0.367 e. The second kappa shape index (κ2) is 4.71. The van der Waals surface area contributed by atoms with Crippen molar-refractivity contribution in [3.8, 4) is 0 Å². The van der Waals surface area contributed by atoms with E-state index in [1.807, 2.05) is 0 Å². The van der Waals surface area contributed by atoms with Gasteiger partial charge in [0.05, 0.1) is 0 Å². The van der Waals surface area contributed by atoms with Crippen LogP contribution in [0.3, 0.4) is 0 Å². The molecule has 0 spiro atoms. The lowest BCUT2D eigenvalue weighted by Gasteiger charge is -2.29. The van der Waals surface area contributed by atoms with E-state index in [0.717, 1.165) is 19.5 Å². The van der Waals surface area contributed by atoms with Gasteiger partial charge in [0.15, 0.2) is 0 Å². The number of hydrogen-bond donors (Lipinski definition) is 1. The van der Waals surface area contributed by atoms with Crippen molar-refractivity contribution in [3.63, 3.8) is 0 Å². The summed E-state index contributed by atoms with van der Waals surface area (Å²) in [5.41, 5.74) is 11.1. The molecule has 2 N–H and O–H groups in total. The maximum Gasteiger partial charge on any atom is 0.0399 e. The summed E-state index contributed by atoms with van der Waals surface area (Å²) < 4.78 is 0. The smallest absolute Gasteiger partial charge is 0.0399 e. The third-order valence-corrected chi connectivity index (χ3v) is 3.26. The van der Waals surface area contributed by atoms with E-state index in [9.17, 15) is 0 Å². The van der Waals surface area contributed by atoms with Crippen LogP contribution in [0.4, 0.5) is 5.69 Å². The summed E-state index contributed by atoms with van der Waals surface area (Å²) in [5, 5.41) is 0. The quantitative estimate of drug-likeness (QED) is 0.769. The lowest BCUT2D eigenvalue weighted by atomic mass is 10.1. The number of nitrogens with zero attached hydrogens (tertiary/aromatic N) is 1. The van der Waals surface area contributed by atoms with Crippen molar-refractivity contribution in [1.29, 1.82) is 0 Å². The van der Waals surface area contributed by atoms with Gasteiger partial charge in [-0.1, -0.05) is 29.3 Å². The number of aryl methyl sites for hydroxylation is 2. The molecule has 0 aliphatic carbocycles. The summed E-state index contributed by atoms with van der Waals surface area (Å²) in [6, 6.07) is 6.66. The molecule has 1 aromatic carbocycles. The highest BCUT2D eigenvalue weighted by atomic mass is 15.1. The molecule has 1 aliphatic heterocycles. The molecule has 0 bridgehead atoms. The van der Waals surface area contributed by atoms with E-state index in [1.54, 1.807) is 0 Å². The average molecular weight is 216 g/mol. The summed E-state index contributed by atoms with van der Waals surface area (Å²) in [4.78, 5) is 2.42. The summed E-state index contributed by atoms with van der Waals surface area (Å²) in [7, 11) is 0. The molecule has 1 heterocycles. The van der Waals surface area contributed by atoms with Gasteiger partial charge in [-0.2, -0.15) is 0 Å². The van der Waals surface area contributed by atoms with Crippen molar-refractivity contribution >= 4 is 5.69 Å². The summed E-state index contributed by atoms with van der Waals surface area (Å²) in [6.45, 7) is 7.12. The Labute approximate surface area is 97.8 Å². The van der Waals surface area contributed by atoms with Crippen LogP contribution >= 0.6 is 0 Å². The molecular formula is C14H20N2. The van der Waals surface area contributed by atoms with Gasteiger partial charge >= 0.3 is 0 Å². The highest BCUT2D eigenvalue weighted by Crippen LogP contribution is 2.24. The summed E-state index contributed by atoms with van der Waals surface area (Å²) in [5.74, 6) is 0. The molecule has 0 amide bonds. The standard InChI is InChI=1S/C14H20N2/c1-11-3-4-14(12(2)9-11)16-7-5-13(10-15)6-8-16/h3-5,9H,6-8,10,15H2,1-2H3. The van der Waals surface area contributed by atoms with Gasteiger partial charge in [0.25, 0.3) is 0 Å². The van der Waals surface area contributed by atoms with E-state index >= 15 is 0 Å².